The standard InChI is InChI=1S/C31H52O2/c1-21(2)9-8-10-22(3)24-12-13-25-23-11-14-27-28(4,5)31(32-19-20-33-31)18-17-30(27,7)26(23)15-16-29(24,25)6/h14,21-26H,8-13,15-20H2,1-7H3. The fraction of sp³-hybridized carbons (Fsp3) is 0.935. The molecule has 1 saturated heterocycles. The van der Waals surface area contributed by atoms with Crippen molar-refractivity contribution < 1.29 is 9.47 Å². The Morgan fingerprint density at radius 3 is 2.30 bits per heavy atom. The maximum Gasteiger partial charge on any atom is 0.177 e. The van der Waals surface area contributed by atoms with Gasteiger partial charge in [0.25, 0.3) is 0 Å². The maximum atomic E-state index is 6.34. The highest BCUT2D eigenvalue weighted by molar-refractivity contribution is 5.33. The molecule has 4 aliphatic carbocycles. The average molecular weight is 457 g/mol. The van der Waals surface area contributed by atoms with E-state index < -0.39 is 0 Å². The topological polar surface area (TPSA) is 18.5 Å². The van der Waals surface area contributed by atoms with Crippen LogP contribution in [0.1, 0.15) is 113 Å². The van der Waals surface area contributed by atoms with Crippen molar-refractivity contribution in [3.8, 4) is 0 Å². The van der Waals surface area contributed by atoms with Gasteiger partial charge in [0.2, 0.25) is 0 Å². The summed E-state index contributed by atoms with van der Waals surface area (Å²) in [5.74, 6) is 4.98. The van der Waals surface area contributed by atoms with Crippen molar-refractivity contribution in [1.82, 2.24) is 0 Å². The van der Waals surface area contributed by atoms with Gasteiger partial charge in [-0.25, -0.2) is 0 Å². The highest BCUT2D eigenvalue weighted by atomic mass is 16.7. The lowest BCUT2D eigenvalue weighted by molar-refractivity contribution is -0.246. The van der Waals surface area contributed by atoms with Crippen LogP contribution in [-0.2, 0) is 9.47 Å². The summed E-state index contributed by atoms with van der Waals surface area (Å²) in [7, 11) is 0. The first-order valence-electron chi connectivity index (χ1n) is 14.5. The first-order chi connectivity index (χ1) is 15.6. The lowest BCUT2D eigenvalue weighted by Gasteiger charge is -2.63. The average Bonchev–Trinajstić information content (AvgIpc) is 3.36. The van der Waals surface area contributed by atoms with Crippen molar-refractivity contribution in [2.45, 2.75) is 118 Å². The predicted molar refractivity (Wildman–Crippen MR) is 137 cm³/mol. The number of ether oxygens (including phenoxy) is 2. The Bertz CT molecular complexity index is 759. The Hall–Kier alpha value is -0.340. The summed E-state index contributed by atoms with van der Waals surface area (Å²) >= 11 is 0. The molecule has 0 radical (unpaired) electrons. The molecule has 7 unspecified atom stereocenters. The number of rotatable bonds is 5. The lowest BCUT2D eigenvalue weighted by atomic mass is 9.43. The van der Waals surface area contributed by atoms with E-state index in [4.69, 9.17) is 9.47 Å². The molecule has 4 fully saturated rings. The molecule has 2 nitrogen and oxygen atoms in total. The summed E-state index contributed by atoms with van der Waals surface area (Å²) in [5, 5.41) is 0. The normalized spacial score (nSPS) is 44.3. The zero-order valence-corrected chi connectivity index (χ0v) is 22.8. The second-order valence-corrected chi connectivity index (χ2v) is 14.3. The third-order valence-electron chi connectivity index (χ3n) is 12.0. The third kappa shape index (κ3) is 3.54. The molecular weight excluding hydrogens is 404 g/mol. The minimum atomic E-state index is -0.377. The Kier molecular flexibility index (Phi) is 6.17. The summed E-state index contributed by atoms with van der Waals surface area (Å²) in [6.45, 7) is 19.0. The van der Waals surface area contributed by atoms with Gasteiger partial charge < -0.3 is 9.47 Å². The number of hydrogen-bond donors (Lipinski definition) is 0. The summed E-state index contributed by atoms with van der Waals surface area (Å²) < 4.78 is 12.7. The minimum absolute atomic E-state index is 0.0225. The molecule has 188 valence electrons. The summed E-state index contributed by atoms with van der Waals surface area (Å²) in [6.07, 6.45) is 16.4. The molecule has 0 N–H and O–H groups in total. The van der Waals surface area contributed by atoms with E-state index in [1.54, 1.807) is 5.57 Å². The van der Waals surface area contributed by atoms with E-state index in [2.05, 4.69) is 54.5 Å². The van der Waals surface area contributed by atoms with E-state index in [1.165, 1.54) is 57.8 Å². The quantitative estimate of drug-likeness (QED) is 0.387. The molecule has 7 atom stereocenters. The fourth-order valence-corrected chi connectivity index (χ4v) is 10.3. The highest BCUT2D eigenvalue weighted by Gasteiger charge is 2.65. The smallest absolute Gasteiger partial charge is 0.177 e. The van der Waals surface area contributed by atoms with Gasteiger partial charge in [-0.1, -0.05) is 79.4 Å². The van der Waals surface area contributed by atoms with Crippen LogP contribution < -0.4 is 0 Å². The van der Waals surface area contributed by atoms with Crippen LogP contribution in [0.15, 0.2) is 11.6 Å². The molecule has 1 heterocycles. The molecule has 2 heteroatoms. The monoisotopic (exact) mass is 456 g/mol. The van der Waals surface area contributed by atoms with Gasteiger partial charge in [0.1, 0.15) is 0 Å². The van der Waals surface area contributed by atoms with E-state index in [9.17, 15) is 0 Å². The summed E-state index contributed by atoms with van der Waals surface area (Å²) in [4.78, 5) is 0. The first-order valence-corrected chi connectivity index (χ1v) is 14.5. The van der Waals surface area contributed by atoms with E-state index in [-0.39, 0.29) is 11.2 Å². The van der Waals surface area contributed by atoms with Gasteiger partial charge in [-0.05, 0) is 84.9 Å². The second-order valence-electron chi connectivity index (χ2n) is 14.3. The van der Waals surface area contributed by atoms with Crippen LogP contribution >= 0.6 is 0 Å². The van der Waals surface area contributed by atoms with E-state index in [1.807, 2.05) is 0 Å². The fourth-order valence-electron chi connectivity index (χ4n) is 10.3. The van der Waals surface area contributed by atoms with Crippen molar-refractivity contribution in [3.63, 3.8) is 0 Å². The highest BCUT2D eigenvalue weighted by Crippen LogP contribution is 2.70. The molecule has 0 aromatic carbocycles. The van der Waals surface area contributed by atoms with Gasteiger partial charge in [-0.15, -0.1) is 0 Å². The molecule has 33 heavy (non-hydrogen) atoms. The largest absolute Gasteiger partial charge is 0.347 e. The van der Waals surface area contributed by atoms with Gasteiger partial charge >= 0.3 is 0 Å². The van der Waals surface area contributed by atoms with Gasteiger partial charge in [0.05, 0.1) is 13.2 Å². The molecule has 1 spiro atoms. The molecule has 5 aliphatic rings. The van der Waals surface area contributed by atoms with Crippen molar-refractivity contribution in [2.75, 3.05) is 13.2 Å². The molecule has 1 aliphatic heterocycles. The second kappa shape index (κ2) is 8.36. The molecular formula is C31H52O2. The molecule has 0 bridgehead atoms. The third-order valence-corrected chi connectivity index (χ3v) is 12.0. The van der Waals surface area contributed by atoms with E-state index in [0.29, 0.717) is 10.8 Å². The van der Waals surface area contributed by atoms with Crippen LogP contribution in [0.5, 0.6) is 0 Å². The predicted octanol–water partition coefficient (Wildman–Crippen LogP) is 8.41. The van der Waals surface area contributed by atoms with Gasteiger partial charge in [-0.3, -0.25) is 0 Å². The Labute approximate surface area is 204 Å². The SMILES string of the molecule is CC(C)CCCC(C)C1CCC2C3CC=C4C(C)(CCC5(OCCO5)C4(C)C)C3CCC12C. The van der Waals surface area contributed by atoms with Crippen molar-refractivity contribution in [3.05, 3.63) is 11.6 Å². The Morgan fingerprint density at radius 2 is 1.61 bits per heavy atom. The van der Waals surface area contributed by atoms with E-state index in [0.717, 1.165) is 55.1 Å². The molecule has 0 amide bonds. The van der Waals surface area contributed by atoms with Crippen LogP contribution in [0.3, 0.4) is 0 Å². The van der Waals surface area contributed by atoms with Crippen molar-refractivity contribution >= 4 is 0 Å². The van der Waals surface area contributed by atoms with Crippen LogP contribution in [0.2, 0.25) is 0 Å². The molecule has 3 saturated carbocycles. The Morgan fingerprint density at radius 1 is 0.879 bits per heavy atom. The van der Waals surface area contributed by atoms with Crippen LogP contribution in [0.25, 0.3) is 0 Å². The molecule has 0 aromatic rings. The first kappa shape index (κ1) is 24.4. The van der Waals surface area contributed by atoms with Crippen LogP contribution in [0, 0.1) is 51.8 Å². The zero-order valence-electron chi connectivity index (χ0n) is 22.8. The minimum Gasteiger partial charge on any atom is -0.347 e. The Balaban J connectivity index is 1.37. The van der Waals surface area contributed by atoms with E-state index >= 15 is 0 Å². The van der Waals surface area contributed by atoms with Gasteiger partial charge in [0, 0.05) is 11.8 Å². The van der Waals surface area contributed by atoms with Crippen LogP contribution in [0.4, 0.5) is 0 Å². The van der Waals surface area contributed by atoms with Gasteiger partial charge in [-0.2, -0.15) is 0 Å². The summed E-state index contributed by atoms with van der Waals surface area (Å²) in [6, 6.07) is 0. The number of hydrogen-bond acceptors (Lipinski definition) is 2. The molecule has 5 rings (SSSR count). The molecule has 0 aromatic heterocycles. The lowest BCUT2D eigenvalue weighted by Crippen LogP contribution is -2.59. The summed E-state index contributed by atoms with van der Waals surface area (Å²) in [5.41, 5.74) is 2.55. The number of allylic oxidation sites excluding steroid dienone is 1. The van der Waals surface area contributed by atoms with Crippen LogP contribution in [-0.4, -0.2) is 19.0 Å². The van der Waals surface area contributed by atoms with Gasteiger partial charge in [0.15, 0.2) is 5.79 Å². The maximum absolute atomic E-state index is 6.34. The van der Waals surface area contributed by atoms with Crippen molar-refractivity contribution in [1.29, 1.82) is 0 Å². The van der Waals surface area contributed by atoms with Crippen molar-refractivity contribution in [2.24, 2.45) is 51.8 Å². The number of fused-ring (bicyclic) bond motifs is 5. The zero-order chi connectivity index (χ0) is 23.6.